The van der Waals surface area contributed by atoms with Gasteiger partial charge >= 0.3 is 12.4 Å². The number of aliphatic hydroxyl groups is 1. The summed E-state index contributed by atoms with van der Waals surface area (Å²) in [7, 11) is 0. The van der Waals surface area contributed by atoms with Crippen LogP contribution in [0.2, 0.25) is 0 Å². The Morgan fingerprint density at radius 2 is 1.68 bits per heavy atom. The highest BCUT2D eigenvalue weighted by atomic mass is 19.4. The summed E-state index contributed by atoms with van der Waals surface area (Å²) in [6.07, 6.45) is -12.9. The molecule has 2 fully saturated rings. The fourth-order valence-corrected chi connectivity index (χ4v) is 5.06. The van der Waals surface area contributed by atoms with Crippen molar-refractivity contribution in [2.24, 2.45) is 5.41 Å². The van der Waals surface area contributed by atoms with Gasteiger partial charge in [-0.05, 0) is 48.9 Å². The van der Waals surface area contributed by atoms with E-state index in [9.17, 15) is 36.2 Å². The Morgan fingerprint density at radius 1 is 1.00 bits per heavy atom. The molecule has 4 atom stereocenters. The Bertz CT molecular complexity index is 1060. The number of halogens is 6. The van der Waals surface area contributed by atoms with Gasteiger partial charge in [-0.25, -0.2) is 0 Å². The van der Waals surface area contributed by atoms with Gasteiger partial charge in [0.05, 0.1) is 24.2 Å². The van der Waals surface area contributed by atoms with Crippen LogP contribution in [0, 0.1) is 5.41 Å². The van der Waals surface area contributed by atoms with E-state index >= 15 is 0 Å². The zero-order valence-corrected chi connectivity index (χ0v) is 19.8. The van der Waals surface area contributed by atoms with Gasteiger partial charge in [-0.15, -0.1) is 0 Å². The summed E-state index contributed by atoms with van der Waals surface area (Å²) in [5.74, 6) is -0.333. The van der Waals surface area contributed by atoms with Gasteiger partial charge in [0.1, 0.15) is 6.61 Å². The van der Waals surface area contributed by atoms with Crippen molar-refractivity contribution < 1.29 is 45.7 Å². The minimum absolute atomic E-state index is 0.0544. The zero-order chi connectivity index (χ0) is 26.8. The van der Waals surface area contributed by atoms with E-state index in [-0.39, 0.29) is 43.9 Å². The Morgan fingerprint density at radius 3 is 2.30 bits per heavy atom. The number of nitrogens with zero attached hydrogens (tertiary/aromatic N) is 1. The second kappa shape index (κ2) is 10.6. The summed E-state index contributed by atoms with van der Waals surface area (Å²) in [4.78, 5) is 14.8. The average Bonchev–Trinajstić information content (AvgIpc) is 3.15. The molecule has 1 saturated heterocycles. The van der Waals surface area contributed by atoms with Gasteiger partial charge in [-0.3, -0.25) is 4.79 Å². The Hall–Kier alpha value is -2.63. The minimum Gasteiger partial charge on any atom is -0.390 e. The molecule has 1 amide bonds. The molecule has 11 heteroatoms. The molecule has 1 spiro atoms. The van der Waals surface area contributed by atoms with Crippen molar-refractivity contribution in [3.63, 3.8) is 0 Å². The largest absolute Gasteiger partial charge is 0.418 e. The number of carbonyl (C=O) groups is 1. The molecule has 1 aliphatic carbocycles. The number of rotatable bonds is 7. The maximum Gasteiger partial charge on any atom is 0.418 e. The first-order chi connectivity index (χ1) is 17.4. The number of ether oxygens (including phenoxy) is 2. The molecular formula is C26H27F6NO4. The first-order valence-corrected chi connectivity index (χ1v) is 11.9. The van der Waals surface area contributed by atoms with E-state index in [0.29, 0.717) is 17.7 Å². The third kappa shape index (κ3) is 6.45. The van der Waals surface area contributed by atoms with Crippen LogP contribution in [0.15, 0.2) is 54.6 Å². The van der Waals surface area contributed by atoms with Gasteiger partial charge in [0, 0.05) is 12.2 Å². The highest BCUT2D eigenvalue weighted by Gasteiger charge is 2.52. The van der Waals surface area contributed by atoms with E-state index in [1.54, 1.807) is 30.3 Å². The van der Waals surface area contributed by atoms with E-state index in [2.05, 4.69) is 0 Å². The number of amides is 1. The monoisotopic (exact) mass is 531 g/mol. The third-order valence-electron chi connectivity index (χ3n) is 6.98. The number of aliphatic hydroxyl groups excluding tert-OH is 1. The van der Waals surface area contributed by atoms with Crippen LogP contribution in [0.5, 0.6) is 0 Å². The lowest BCUT2D eigenvalue weighted by atomic mass is 9.70. The summed E-state index contributed by atoms with van der Waals surface area (Å²) >= 11 is 0. The number of alkyl halides is 6. The van der Waals surface area contributed by atoms with Gasteiger partial charge in [-0.2, -0.15) is 26.3 Å². The van der Waals surface area contributed by atoms with Crippen molar-refractivity contribution in [1.82, 2.24) is 0 Å². The Balaban J connectivity index is 1.45. The highest BCUT2D eigenvalue weighted by Crippen LogP contribution is 2.47. The summed E-state index contributed by atoms with van der Waals surface area (Å²) in [6, 6.07) is 13.8. The lowest BCUT2D eigenvalue weighted by Crippen LogP contribution is -2.46. The van der Waals surface area contributed by atoms with Crippen molar-refractivity contribution in [2.75, 3.05) is 18.1 Å². The average molecular weight is 531 g/mol. The van der Waals surface area contributed by atoms with Gasteiger partial charge < -0.3 is 19.5 Å². The molecule has 0 radical (unpaired) electrons. The first-order valence-electron chi connectivity index (χ1n) is 11.9. The zero-order valence-electron chi connectivity index (χ0n) is 19.8. The summed E-state index contributed by atoms with van der Waals surface area (Å²) < 4.78 is 89.1. The van der Waals surface area contributed by atoms with Gasteiger partial charge in [-0.1, -0.05) is 42.5 Å². The molecule has 202 valence electrons. The quantitative estimate of drug-likeness (QED) is 0.465. The van der Waals surface area contributed by atoms with Gasteiger partial charge in [0.2, 0.25) is 5.91 Å². The predicted octanol–water partition coefficient (Wildman–Crippen LogP) is 5.72. The van der Waals surface area contributed by atoms with Crippen LogP contribution < -0.4 is 4.90 Å². The van der Waals surface area contributed by atoms with Crippen LogP contribution in [0.4, 0.5) is 32.0 Å². The van der Waals surface area contributed by atoms with E-state index in [0.717, 1.165) is 0 Å². The molecule has 0 aromatic heterocycles. The molecule has 1 N–H and O–H groups in total. The summed E-state index contributed by atoms with van der Waals surface area (Å²) in [5, 5.41) is 10.1. The molecule has 37 heavy (non-hydrogen) atoms. The van der Waals surface area contributed by atoms with E-state index in [1.807, 2.05) is 0 Å². The second-order valence-electron chi connectivity index (χ2n) is 9.57. The maximum atomic E-state index is 13.7. The number of carbonyl (C=O) groups excluding carboxylic acids is 1. The van der Waals surface area contributed by atoms with Crippen LogP contribution in [0.25, 0.3) is 0 Å². The molecule has 1 aliphatic heterocycles. The molecule has 4 unspecified atom stereocenters. The molecule has 0 bridgehead atoms. The van der Waals surface area contributed by atoms with Gasteiger partial charge in [0.25, 0.3) is 0 Å². The van der Waals surface area contributed by atoms with Crippen molar-refractivity contribution in [3.05, 3.63) is 65.7 Å². The molecule has 4 rings (SSSR count). The van der Waals surface area contributed by atoms with E-state index in [1.165, 1.54) is 29.2 Å². The molecule has 2 aromatic rings. The minimum atomic E-state index is -4.65. The Kier molecular flexibility index (Phi) is 7.87. The molecule has 2 aliphatic rings. The number of anilines is 1. The summed E-state index contributed by atoms with van der Waals surface area (Å²) in [5.41, 5.74) is -0.124. The van der Waals surface area contributed by atoms with Gasteiger partial charge in [0.15, 0.2) is 6.10 Å². The molecule has 1 saturated carbocycles. The number of benzene rings is 2. The fourth-order valence-electron chi connectivity index (χ4n) is 5.06. The van der Waals surface area contributed by atoms with Crippen molar-refractivity contribution in [2.45, 2.75) is 63.0 Å². The maximum absolute atomic E-state index is 13.7. The smallest absolute Gasteiger partial charge is 0.390 e. The first kappa shape index (κ1) is 27.4. The summed E-state index contributed by atoms with van der Waals surface area (Å²) in [6.45, 7) is -1.49. The number of hydrogen-bond acceptors (Lipinski definition) is 4. The normalized spacial score (nSPS) is 25.6. The molecular weight excluding hydrogens is 504 g/mol. The topological polar surface area (TPSA) is 59.0 Å². The van der Waals surface area contributed by atoms with E-state index in [4.69, 9.17) is 9.47 Å². The van der Waals surface area contributed by atoms with Crippen molar-refractivity contribution in [1.29, 1.82) is 0 Å². The SMILES string of the molecule is O=C1N(c2ccc(C(OCc3ccccc3)C(F)(F)F)cc2)CCC12CCC(O)C(OCC(F)(F)F)C2. The second-order valence-corrected chi connectivity index (χ2v) is 9.57. The lowest BCUT2D eigenvalue weighted by Gasteiger charge is -2.39. The third-order valence-corrected chi connectivity index (χ3v) is 6.98. The molecule has 2 aromatic carbocycles. The van der Waals surface area contributed by atoms with Crippen LogP contribution >= 0.6 is 0 Å². The van der Waals surface area contributed by atoms with E-state index < -0.39 is 42.7 Å². The molecule has 5 nitrogen and oxygen atoms in total. The predicted molar refractivity (Wildman–Crippen MR) is 122 cm³/mol. The highest BCUT2D eigenvalue weighted by molar-refractivity contribution is 6.00. The van der Waals surface area contributed by atoms with Crippen LogP contribution in [-0.2, 0) is 20.9 Å². The van der Waals surface area contributed by atoms with Crippen LogP contribution in [0.3, 0.4) is 0 Å². The standard InChI is InChI=1S/C26H27F6NO4/c27-25(28,29)16-37-21-14-24(11-10-20(21)34)12-13-33(23(24)35)19-8-6-18(7-9-19)22(26(30,31)32)36-15-17-4-2-1-3-5-17/h1-9,20-22,34H,10-16H2. The van der Waals surface area contributed by atoms with Crippen molar-refractivity contribution in [3.8, 4) is 0 Å². The fraction of sp³-hybridized carbons (Fsp3) is 0.500. The van der Waals surface area contributed by atoms with Crippen LogP contribution in [0.1, 0.15) is 42.9 Å². The number of hydrogen-bond donors (Lipinski definition) is 1. The molecule has 1 heterocycles. The lowest BCUT2D eigenvalue weighted by molar-refractivity contribution is -0.227. The Labute approximate surface area is 210 Å². The van der Waals surface area contributed by atoms with Crippen molar-refractivity contribution >= 4 is 11.6 Å². The van der Waals surface area contributed by atoms with Crippen LogP contribution in [-0.4, -0.2) is 48.7 Å².